The summed E-state index contributed by atoms with van der Waals surface area (Å²) in [7, 11) is 0. The van der Waals surface area contributed by atoms with E-state index in [1.54, 1.807) is 0 Å². The molecule has 1 aromatic rings. The second-order valence-electron chi connectivity index (χ2n) is 6.58. The molecule has 0 spiro atoms. The van der Waals surface area contributed by atoms with Crippen LogP contribution in [0.25, 0.3) is 0 Å². The van der Waals surface area contributed by atoms with E-state index in [2.05, 4.69) is 38.1 Å². The highest BCUT2D eigenvalue weighted by atomic mass is 35.5. The lowest BCUT2D eigenvalue weighted by Gasteiger charge is -2.13. The summed E-state index contributed by atoms with van der Waals surface area (Å²) in [5.74, 6) is 3.40. The van der Waals surface area contributed by atoms with Crippen LogP contribution in [0, 0.1) is 23.7 Å². The summed E-state index contributed by atoms with van der Waals surface area (Å²) >= 11 is 6.66. The van der Waals surface area contributed by atoms with E-state index in [9.17, 15) is 0 Å². The molecule has 1 heteroatoms. The molecule has 0 saturated heterocycles. The van der Waals surface area contributed by atoms with Crippen LogP contribution in [0.15, 0.2) is 24.3 Å². The Morgan fingerprint density at radius 2 is 1.72 bits per heavy atom. The van der Waals surface area contributed by atoms with Gasteiger partial charge in [0.25, 0.3) is 0 Å². The highest BCUT2D eigenvalue weighted by Crippen LogP contribution is 2.63. The summed E-state index contributed by atoms with van der Waals surface area (Å²) in [6.45, 7) is 4.54. The molecule has 18 heavy (non-hydrogen) atoms. The summed E-state index contributed by atoms with van der Waals surface area (Å²) in [5.41, 5.74) is 2.78. The highest BCUT2D eigenvalue weighted by molar-refractivity contribution is 6.21. The lowest BCUT2D eigenvalue weighted by atomic mass is 9.98. The van der Waals surface area contributed by atoms with Gasteiger partial charge < -0.3 is 0 Å². The van der Waals surface area contributed by atoms with E-state index in [1.807, 2.05) is 0 Å². The maximum Gasteiger partial charge on any atom is 0.0618 e. The number of rotatable bonds is 4. The number of hydrogen-bond acceptors (Lipinski definition) is 0. The first-order valence-corrected chi connectivity index (χ1v) is 7.83. The van der Waals surface area contributed by atoms with Crippen LogP contribution in [0.1, 0.15) is 49.6 Å². The quantitative estimate of drug-likeness (QED) is 0.654. The zero-order valence-corrected chi connectivity index (χ0v) is 12.2. The average molecular weight is 263 g/mol. The van der Waals surface area contributed by atoms with Gasteiger partial charge in [0.2, 0.25) is 0 Å². The van der Waals surface area contributed by atoms with Gasteiger partial charge >= 0.3 is 0 Å². The predicted octanol–water partition coefficient (Wildman–Crippen LogP) is 5.21. The first-order chi connectivity index (χ1) is 8.66. The largest absolute Gasteiger partial charge is 0.117 e. The van der Waals surface area contributed by atoms with Gasteiger partial charge in [0.05, 0.1) is 5.38 Å². The third-order valence-electron chi connectivity index (χ3n) is 4.75. The van der Waals surface area contributed by atoms with Crippen molar-refractivity contribution in [1.82, 2.24) is 0 Å². The van der Waals surface area contributed by atoms with Crippen LogP contribution in [-0.2, 0) is 6.42 Å². The van der Waals surface area contributed by atoms with E-state index in [0.29, 0.717) is 0 Å². The minimum absolute atomic E-state index is 0.258. The van der Waals surface area contributed by atoms with Crippen molar-refractivity contribution in [3.63, 3.8) is 0 Å². The predicted molar refractivity (Wildman–Crippen MR) is 77.9 cm³/mol. The van der Waals surface area contributed by atoms with Gasteiger partial charge in [0.1, 0.15) is 0 Å². The van der Waals surface area contributed by atoms with Crippen molar-refractivity contribution in [2.75, 3.05) is 0 Å². The topological polar surface area (TPSA) is 0 Å². The van der Waals surface area contributed by atoms with Gasteiger partial charge in [-0.05, 0) is 54.1 Å². The van der Waals surface area contributed by atoms with Crippen molar-refractivity contribution in [1.29, 1.82) is 0 Å². The van der Waals surface area contributed by atoms with Crippen LogP contribution in [0.2, 0.25) is 0 Å². The maximum absolute atomic E-state index is 6.66. The van der Waals surface area contributed by atoms with Gasteiger partial charge in [-0.2, -0.15) is 0 Å². The molecule has 0 bridgehead atoms. The highest BCUT2D eigenvalue weighted by Gasteiger charge is 2.55. The zero-order chi connectivity index (χ0) is 12.7. The Morgan fingerprint density at radius 3 is 2.28 bits per heavy atom. The normalized spacial score (nSPS) is 31.4. The van der Waals surface area contributed by atoms with Crippen molar-refractivity contribution in [3.05, 3.63) is 35.4 Å². The lowest BCUT2D eigenvalue weighted by molar-refractivity contribution is 0.573. The van der Waals surface area contributed by atoms with Gasteiger partial charge in [-0.1, -0.05) is 44.5 Å². The molecular formula is C17H23Cl. The Bertz CT molecular complexity index is 396. The van der Waals surface area contributed by atoms with Crippen LogP contribution in [-0.4, -0.2) is 0 Å². The van der Waals surface area contributed by atoms with Crippen LogP contribution in [0.4, 0.5) is 0 Å². The van der Waals surface area contributed by atoms with Gasteiger partial charge in [0.15, 0.2) is 0 Å². The van der Waals surface area contributed by atoms with Crippen LogP contribution in [0.3, 0.4) is 0 Å². The number of alkyl halides is 1. The number of hydrogen-bond donors (Lipinski definition) is 0. The molecule has 2 saturated carbocycles. The van der Waals surface area contributed by atoms with E-state index in [4.69, 9.17) is 11.6 Å². The second kappa shape index (κ2) is 4.89. The fourth-order valence-electron chi connectivity index (χ4n) is 3.84. The Kier molecular flexibility index (Phi) is 3.40. The Morgan fingerprint density at radius 1 is 1.11 bits per heavy atom. The molecule has 3 rings (SSSR count). The molecule has 0 heterocycles. The lowest BCUT2D eigenvalue weighted by Crippen LogP contribution is -2.00. The number of fused-ring (bicyclic) bond motifs is 1. The molecule has 0 radical (unpaired) electrons. The van der Waals surface area contributed by atoms with E-state index >= 15 is 0 Å². The minimum atomic E-state index is 0.258. The molecule has 0 N–H and O–H groups in total. The maximum atomic E-state index is 6.66. The minimum Gasteiger partial charge on any atom is -0.117 e. The van der Waals surface area contributed by atoms with Gasteiger partial charge in [-0.15, -0.1) is 11.6 Å². The van der Waals surface area contributed by atoms with Crippen molar-refractivity contribution < 1.29 is 0 Å². The van der Waals surface area contributed by atoms with Gasteiger partial charge in [-0.3, -0.25) is 0 Å². The standard InChI is InChI=1S/C17H23Cl/c1-11(2)10-12-6-8-13(9-7-12)17(18)16-14-4-3-5-15(14)16/h6-9,11,14-17H,3-5,10H2,1-2H3. The van der Waals surface area contributed by atoms with E-state index < -0.39 is 0 Å². The van der Waals surface area contributed by atoms with Crippen LogP contribution < -0.4 is 0 Å². The molecule has 0 aliphatic heterocycles. The smallest absolute Gasteiger partial charge is 0.0618 e. The third kappa shape index (κ3) is 2.32. The molecule has 1 aromatic carbocycles. The Balaban J connectivity index is 1.65. The number of halogens is 1. The number of benzene rings is 1. The molecule has 2 aliphatic carbocycles. The summed E-state index contributed by atoms with van der Waals surface area (Å²) < 4.78 is 0. The van der Waals surface area contributed by atoms with E-state index in [-0.39, 0.29) is 5.38 Å². The fourth-order valence-corrected chi connectivity index (χ4v) is 4.36. The van der Waals surface area contributed by atoms with Crippen molar-refractivity contribution >= 4 is 11.6 Å². The molecule has 2 fully saturated rings. The summed E-state index contributed by atoms with van der Waals surface area (Å²) in [4.78, 5) is 0. The van der Waals surface area contributed by atoms with Crippen molar-refractivity contribution in [2.24, 2.45) is 23.7 Å². The SMILES string of the molecule is CC(C)Cc1ccc(C(Cl)C2C3CCCC32)cc1. The van der Waals surface area contributed by atoms with Crippen molar-refractivity contribution in [2.45, 2.75) is 44.9 Å². The van der Waals surface area contributed by atoms with E-state index in [1.165, 1.54) is 36.8 Å². The fraction of sp³-hybridized carbons (Fsp3) is 0.647. The van der Waals surface area contributed by atoms with Crippen molar-refractivity contribution in [3.8, 4) is 0 Å². The van der Waals surface area contributed by atoms with Gasteiger partial charge in [0, 0.05) is 0 Å². The third-order valence-corrected chi connectivity index (χ3v) is 5.30. The molecular weight excluding hydrogens is 240 g/mol. The molecule has 3 unspecified atom stereocenters. The Hall–Kier alpha value is -0.490. The van der Waals surface area contributed by atoms with E-state index in [0.717, 1.165) is 23.7 Å². The molecule has 0 aromatic heterocycles. The summed E-state index contributed by atoms with van der Waals surface area (Å²) in [5, 5.41) is 0.258. The molecule has 3 atom stereocenters. The molecule has 2 aliphatic rings. The first kappa shape index (κ1) is 12.5. The average Bonchev–Trinajstić information content (AvgIpc) is 2.81. The summed E-state index contributed by atoms with van der Waals surface area (Å²) in [6.07, 6.45) is 5.44. The zero-order valence-electron chi connectivity index (χ0n) is 11.4. The monoisotopic (exact) mass is 262 g/mol. The first-order valence-electron chi connectivity index (χ1n) is 7.39. The van der Waals surface area contributed by atoms with Gasteiger partial charge in [-0.25, -0.2) is 0 Å². The molecule has 98 valence electrons. The second-order valence-corrected chi connectivity index (χ2v) is 7.05. The van der Waals surface area contributed by atoms with Crippen LogP contribution in [0.5, 0.6) is 0 Å². The van der Waals surface area contributed by atoms with Crippen LogP contribution >= 0.6 is 11.6 Å². The molecule has 0 nitrogen and oxygen atoms in total. The summed E-state index contributed by atoms with van der Waals surface area (Å²) in [6, 6.07) is 9.04. The Labute approximate surface area is 116 Å². The molecule has 0 amide bonds.